The molecule has 0 spiro atoms. The van der Waals surface area contributed by atoms with E-state index in [9.17, 15) is 22.8 Å². The summed E-state index contributed by atoms with van der Waals surface area (Å²) in [5.74, 6) is -1.35. The Morgan fingerprint density at radius 2 is 1.63 bits per heavy atom. The Balaban J connectivity index is 1.98. The van der Waals surface area contributed by atoms with Gasteiger partial charge in [0.1, 0.15) is 11.3 Å². The zero-order valence-corrected chi connectivity index (χ0v) is 16.6. The summed E-state index contributed by atoms with van der Waals surface area (Å²) < 4.78 is 45.5. The molecule has 0 heterocycles. The van der Waals surface area contributed by atoms with Crippen LogP contribution in [-0.4, -0.2) is 36.9 Å². The maximum absolute atomic E-state index is 12.5. The highest BCUT2D eigenvalue weighted by Gasteiger charge is 2.35. The molecular formula is C21H23F3N2O4. The molecule has 2 aromatic carbocycles. The lowest BCUT2D eigenvalue weighted by molar-refractivity contribution is -0.274. The summed E-state index contributed by atoms with van der Waals surface area (Å²) in [5, 5.41) is 5.48. The van der Waals surface area contributed by atoms with Crippen molar-refractivity contribution in [2.45, 2.75) is 32.2 Å². The van der Waals surface area contributed by atoms with Crippen LogP contribution in [-0.2, 0) is 20.7 Å². The maximum Gasteiger partial charge on any atom is 0.573 e. The second-order valence-corrected chi connectivity index (χ2v) is 6.69. The predicted molar refractivity (Wildman–Crippen MR) is 105 cm³/mol. The van der Waals surface area contributed by atoms with Crippen molar-refractivity contribution in [1.82, 2.24) is 5.32 Å². The van der Waals surface area contributed by atoms with Gasteiger partial charge in [-0.3, -0.25) is 14.9 Å². The van der Waals surface area contributed by atoms with E-state index in [4.69, 9.17) is 4.74 Å². The number of amides is 1. The molecule has 1 amide bonds. The van der Waals surface area contributed by atoms with Gasteiger partial charge in [0.2, 0.25) is 5.91 Å². The SMILES string of the molecule is CCOC(=O)[C@](C)(Cc1ccccc1)NCC(=O)Nc1ccc(OC(F)(F)F)cc1. The van der Waals surface area contributed by atoms with Crippen molar-refractivity contribution in [3.63, 3.8) is 0 Å². The highest BCUT2D eigenvalue weighted by atomic mass is 19.4. The van der Waals surface area contributed by atoms with Crippen LogP contribution in [0, 0.1) is 0 Å². The van der Waals surface area contributed by atoms with Gasteiger partial charge >= 0.3 is 12.3 Å². The lowest BCUT2D eigenvalue weighted by Crippen LogP contribution is -2.54. The van der Waals surface area contributed by atoms with E-state index in [1.54, 1.807) is 13.8 Å². The monoisotopic (exact) mass is 424 g/mol. The van der Waals surface area contributed by atoms with Crippen molar-refractivity contribution >= 4 is 17.6 Å². The normalized spacial score (nSPS) is 13.2. The molecule has 2 aromatic rings. The van der Waals surface area contributed by atoms with Crippen LogP contribution in [0.5, 0.6) is 5.75 Å². The number of esters is 1. The molecule has 6 nitrogen and oxygen atoms in total. The number of carbonyl (C=O) groups is 2. The summed E-state index contributed by atoms with van der Waals surface area (Å²) >= 11 is 0. The third-order valence-corrected chi connectivity index (χ3v) is 4.14. The number of carbonyl (C=O) groups excluding carboxylic acids is 2. The van der Waals surface area contributed by atoms with Crippen molar-refractivity contribution in [1.29, 1.82) is 0 Å². The molecule has 0 aliphatic heterocycles. The molecule has 0 saturated heterocycles. The number of anilines is 1. The average Bonchev–Trinajstić information content (AvgIpc) is 2.68. The van der Waals surface area contributed by atoms with Gasteiger partial charge in [0.25, 0.3) is 0 Å². The highest BCUT2D eigenvalue weighted by molar-refractivity contribution is 5.93. The minimum absolute atomic E-state index is 0.198. The van der Waals surface area contributed by atoms with Gasteiger partial charge in [0.05, 0.1) is 13.2 Å². The van der Waals surface area contributed by atoms with Crippen molar-refractivity contribution in [2.75, 3.05) is 18.5 Å². The van der Waals surface area contributed by atoms with Gasteiger partial charge in [0, 0.05) is 12.1 Å². The molecule has 2 rings (SSSR count). The second-order valence-electron chi connectivity index (χ2n) is 6.69. The van der Waals surface area contributed by atoms with E-state index < -0.39 is 29.5 Å². The molecule has 0 fully saturated rings. The lowest BCUT2D eigenvalue weighted by atomic mass is 9.92. The van der Waals surface area contributed by atoms with Crippen molar-refractivity contribution in [3.8, 4) is 5.75 Å². The number of benzene rings is 2. The Bertz CT molecular complexity index is 842. The molecule has 1 atom stereocenters. The smallest absolute Gasteiger partial charge is 0.465 e. The van der Waals surface area contributed by atoms with E-state index in [0.717, 1.165) is 17.7 Å². The van der Waals surface area contributed by atoms with Crippen molar-refractivity contribution in [3.05, 3.63) is 60.2 Å². The van der Waals surface area contributed by atoms with Gasteiger partial charge in [-0.25, -0.2) is 0 Å². The van der Waals surface area contributed by atoms with Crippen molar-refractivity contribution in [2.24, 2.45) is 0 Å². The zero-order chi connectivity index (χ0) is 22.2. The van der Waals surface area contributed by atoms with Crippen LogP contribution in [0.15, 0.2) is 54.6 Å². The standard InChI is InChI=1S/C21H23F3N2O4/c1-3-29-19(28)20(2,13-15-7-5-4-6-8-15)25-14-18(27)26-16-9-11-17(12-10-16)30-21(22,23)24/h4-12,25H,3,13-14H2,1-2H3,(H,26,27)/t20-/m0/s1. The van der Waals surface area contributed by atoms with E-state index in [0.29, 0.717) is 6.42 Å². The maximum atomic E-state index is 12.5. The summed E-state index contributed by atoms with van der Waals surface area (Å²) in [6.07, 6.45) is -4.48. The van der Waals surface area contributed by atoms with Crippen LogP contribution in [0.2, 0.25) is 0 Å². The topological polar surface area (TPSA) is 76.7 Å². The summed E-state index contributed by atoms with van der Waals surface area (Å²) in [6, 6.07) is 14.0. The third kappa shape index (κ3) is 7.40. The van der Waals surface area contributed by atoms with Crippen LogP contribution in [0.4, 0.5) is 18.9 Å². The Morgan fingerprint density at radius 1 is 1.00 bits per heavy atom. The molecule has 30 heavy (non-hydrogen) atoms. The van der Waals surface area contributed by atoms with Crippen LogP contribution in [0.3, 0.4) is 0 Å². The molecule has 9 heteroatoms. The summed E-state index contributed by atoms with van der Waals surface area (Å²) in [4.78, 5) is 24.7. The van der Waals surface area contributed by atoms with E-state index in [1.165, 1.54) is 12.1 Å². The Labute approximate surface area is 172 Å². The van der Waals surface area contributed by atoms with Gasteiger partial charge in [-0.2, -0.15) is 0 Å². The quantitative estimate of drug-likeness (QED) is 0.601. The first-order chi connectivity index (χ1) is 14.1. The van der Waals surface area contributed by atoms with E-state index in [-0.39, 0.29) is 18.8 Å². The van der Waals surface area contributed by atoms with E-state index in [2.05, 4.69) is 15.4 Å². The van der Waals surface area contributed by atoms with Gasteiger partial charge in [-0.15, -0.1) is 13.2 Å². The molecular weight excluding hydrogens is 401 g/mol. The molecule has 0 aliphatic carbocycles. The largest absolute Gasteiger partial charge is 0.573 e. The van der Waals surface area contributed by atoms with Gasteiger partial charge < -0.3 is 14.8 Å². The summed E-state index contributed by atoms with van der Waals surface area (Å²) in [6.45, 7) is 3.33. The fourth-order valence-corrected chi connectivity index (χ4v) is 2.72. The van der Waals surface area contributed by atoms with Gasteiger partial charge in [-0.05, 0) is 43.7 Å². The molecule has 0 radical (unpaired) electrons. The number of nitrogens with one attached hydrogen (secondary N) is 2. The molecule has 0 aliphatic rings. The molecule has 0 bridgehead atoms. The van der Waals surface area contributed by atoms with Gasteiger partial charge in [0.15, 0.2) is 0 Å². The molecule has 0 unspecified atom stereocenters. The number of hydrogen-bond donors (Lipinski definition) is 2. The van der Waals surface area contributed by atoms with Gasteiger partial charge in [-0.1, -0.05) is 30.3 Å². The summed E-state index contributed by atoms with van der Waals surface area (Å²) in [7, 11) is 0. The number of rotatable bonds is 9. The number of ether oxygens (including phenoxy) is 2. The first-order valence-electron chi connectivity index (χ1n) is 9.23. The molecule has 0 aromatic heterocycles. The molecule has 0 saturated carbocycles. The van der Waals surface area contributed by atoms with E-state index in [1.807, 2.05) is 30.3 Å². The molecule has 162 valence electrons. The lowest BCUT2D eigenvalue weighted by Gasteiger charge is -2.28. The average molecular weight is 424 g/mol. The number of alkyl halides is 3. The minimum atomic E-state index is -4.79. The fourth-order valence-electron chi connectivity index (χ4n) is 2.72. The second kappa shape index (κ2) is 10.1. The highest BCUT2D eigenvalue weighted by Crippen LogP contribution is 2.24. The van der Waals surface area contributed by atoms with Crippen LogP contribution >= 0.6 is 0 Å². The molecule has 2 N–H and O–H groups in total. The zero-order valence-electron chi connectivity index (χ0n) is 16.6. The number of hydrogen-bond acceptors (Lipinski definition) is 5. The van der Waals surface area contributed by atoms with Crippen LogP contribution in [0.25, 0.3) is 0 Å². The van der Waals surface area contributed by atoms with E-state index >= 15 is 0 Å². The van der Waals surface area contributed by atoms with Crippen LogP contribution < -0.4 is 15.4 Å². The summed E-state index contributed by atoms with van der Waals surface area (Å²) in [5.41, 5.74) is 0.0393. The third-order valence-electron chi connectivity index (χ3n) is 4.14. The Hall–Kier alpha value is -3.07. The fraction of sp³-hybridized carbons (Fsp3) is 0.333. The number of halogens is 3. The first-order valence-corrected chi connectivity index (χ1v) is 9.23. The van der Waals surface area contributed by atoms with Crippen molar-refractivity contribution < 1.29 is 32.2 Å². The first kappa shape index (κ1) is 23.2. The minimum Gasteiger partial charge on any atom is -0.465 e. The van der Waals surface area contributed by atoms with Crippen LogP contribution in [0.1, 0.15) is 19.4 Å². The Morgan fingerprint density at radius 3 is 2.20 bits per heavy atom. The predicted octanol–water partition coefficient (Wildman–Crippen LogP) is 3.68. The Kier molecular flexibility index (Phi) is 7.82.